The smallest absolute Gasteiger partial charge is 0.129 e. The van der Waals surface area contributed by atoms with Gasteiger partial charge in [-0.2, -0.15) is 0 Å². The summed E-state index contributed by atoms with van der Waals surface area (Å²) in [6, 6.07) is 5.96. The van der Waals surface area contributed by atoms with E-state index in [1.165, 1.54) is 0 Å². The Kier molecular flexibility index (Phi) is 3.94. The standard InChI is InChI=1S/C16H22N2O2/c1-2-20-14-7-3-6-13-15(14)12(10-18-13)16(19)11-5-4-8-17-9-11/h3,6-7,10-11,16-19H,2,4-5,8-9H2,1H3. The molecule has 3 rings (SSSR count). The summed E-state index contributed by atoms with van der Waals surface area (Å²) in [6.07, 6.45) is 3.67. The van der Waals surface area contributed by atoms with Gasteiger partial charge in [0.2, 0.25) is 0 Å². The molecule has 2 heterocycles. The lowest BCUT2D eigenvalue weighted by Gasteiger charge is -2.27. The van der Waals surface area contributed by atoms with Crippen LogP contribution in [0.4, 0.5) is 0 Å². The number of aromatic nitrogens is 1. The van der Waals surface area contributed by atoms with E-state index < -0.39 is 6.10 Å². The molecule has 2 atom stereocenters. The summed E-state index contributed by atoms with van der Waals surface area (Å²) >= 11 is 0. The van der Waals surface area contributed by atoms with Crippen LogP contribution in [0.3, 0.4) is 0 Å². The largest absolute Gasteiger partial charge is 0.493 e. The Morgan fingerprint density at radius 1 is 1.45 bits per heavy atom. The van der Waals surface area contributed by atoms with Gasteiger partial charge in [0, 0.05) is 35.1 Å². The van der Waals surface area contributed by atoms with E-state index in [0.717, 1.165) is 48.1 Å². The van der Waals surface area contributed by atoms with Crippen LogP contribution in [0.25, 0.3) is 10.9 Å². The van der Waals surface area contributed by atoms with Crippen molar-refractivity contribution in [1.82, 2.24) is 10.3 Å². The van der Waals surface area contributed by atoms with Crippen molar-refractivity contribution in [3.63, 3.8) is 0 Å². The monoisotopic (exact) mass is 274 g/mol. The minimum atomic E-state index is -0.446. The van der Waals surface area contributed by atoms with E-state index in [1.54, 1.807) is 0 Å². The van der Waals surface area contributed by atoms with E-state index in [9.17, 15) is 5.11 Å². The molecule has 1 aromatic heterocycles. The predicted molar refractivity (Wildman–Crippen MR) is 80.0 cm³/mol. The first-order chi connectivity index (χ1) is 9.81. The molecule has 1 fully saturated rings. The highest BCUT2D eigenvalue weighted by atomic mass is 16.5. The fourth-order valence-corrected chi connectivity index (χ4v) is 3.09. The van der Waals surface area contributed by atoms with E-state index in [0.29, 0.717) is 6.61 Å². The van der Waals surface area contributed by atoms with Gasteiger partial charge in [0.1, 0.15) is 5.75 Å². The quantitative estimate of drug-likeness (QED) is 0.803. The number of hydrogen-bond acceptors (Lipinski definition) is 3. The molecule has 108 valence electrons. The molecule has 4 heteroatoms. The Balaban J connectivity index is 1.97. The van der Waals surface area contributed by atoms with E-state index >= 15 is 0 Å². The molecule has 20 heavy (non-hydrogen) atoms. The molecule has 1 saturated heterocycles. The molecule has 1 aromatic carbocycles. The molecule has 0 saturated carbocycles. The third-order valence-electron chi connectivity index (χ3n) is 4.10. The number of benzene rings is 1. The average Bonchev–Trinajstić information content (AvgIpc) is 2.93. The SMILES string of the molecule is CCOc1cccc2[nH]cc(C(O)C3CCCNC3)c12. The number of piperidine rings is 1. The first-order valence-corrected chi connectivity index (χ1v) is 7.43. The number of fused-ring (bicyclic) bond motifs is 1. The Morgan fingerprint density at radius 3 is 3.10 bits per heavy atom. The van der Waals surface area contributed by atoms with Gasteiger partial charge in [-0.25, -0.2) is 0 Å². The molecule has 0 amide bonds. The first-order valence-electron chi connectivity index (χ1n) is 7.43. The van der Waals surface area contributed by atoms with Crippen LogP contribution in [0.2, 0.25) is 0 Å². The summed E-state index contributed by atoms with van der Waals surface area (Å²) in [4.78, 5) is 3.25. The van der Waals surface area contributed by atoms with Gasteiger partial charge < -0.3 is 20.1 Å². The molecule has 1 aliphatic rings. The van der Waals surface area contributed by atoms with Crippen LogP contribution < -0.4 is 10.1 Å². The normalized spacial score (nSPS) is 21.0. The second-order valence-electron chi connectivity index (χ2n) is 5.41. The molecule has 1 aliphatic heterocycles. The Hall–Kier alpha value is -1.52. The van der Waals surface area contributed by atoms with E-state index in [4.69, 9.17) is 4.74 Å². The third-order valence-corrected chi connectivity index (χ3v) is 4.10. The minimum Gasteiger partial charge on any atom is -0.493 e. The van der Waals surface area contributed by atoms with Gasteiger partial charge in [-0.15, -0.1) is 0 Å². The number of H-pyrrole nitrogens is 1. The highest BCUT2D eigenvalue weighted by molar-refractivity contribution is 5.89. The summed E-state index contributed by atoms with van der Waals surface area (Å²) in [5, 5.41) is 15.1. The first kappa shape index (κ1) is 13.5. The van der Waals surface area contributed by atoms with Gasteiger partial charge in [0.15, 0.2) is 0 Å². The van der Waals surface area contributed by atoms with Crippen LogP contribution in [-0.2, 0) is 0 Å². The van der Waals surface area contributed by atoms with Crippen LogP contribution in [0.5, 0.6) is 5.75 Å². The van der Waals surface area contributed by atoms with Crippen molar-refractivity contribution < 1.29 is 9.84 Å². The van der Waals surface area contributed by atoms with Crippen LogP contribution in [-0.4, -0.2) is 29.8 Å². The maximum atomic E-state index is 10.7. The molecular weight excluding hydrogens is 252 g/mol. The highest BCUT2D eigenvalue weighted by Gasteiger charge is 2.26. The number of ether oxygens (including phenoxy) is 1. The lowest BCUT2D eigenvalue weighted by Crippen LogP contribution is -2.33. The third kappa shape index (κ3) is 2.41. The van der Waals surface area contributed by atoms with E-state index in [2.05, 4.69) is 10.3 Å². The number of hydrogen-bond donors (Lipinski definition) is 3. The van der Waals surface area contributed by atoms with Gasteiger partial charge in [-0.1, -0.05) is 6.07 Å². The molecule has 2 unspecified atom stereocenters. The maximum absolute atomic E-state index is 10.7. The second-order valence-corrected chi connectivity index (χ2v) is 5.41. The molecule has 0 radical (unpaired) electrons. The van der Waals surface area contributed by atoms with Gasteiger partial charge >= 0.3 is 0 Å². The fourth-order valence-electron chi connectivity index (χ4n) is 3.09. The predicted octanol–water partition coefficient (Wildman–Crippen LogP) is 2.60. The van der Waals surface area contributed by atoms with Gasteiger partial charge in [-0.3, -0.25) is 0 Å². The summed E-state index contributed by atoms with van der Waals surface area (Å²) in [6.45, 7) is 4.55. The topological polar surface area (TPSA) is 57.3 Å². The van der Waals surface area contributed by atoms with Gasteiger partial charge in [0.25, 0.3) is 0 Å². The molecule has 3 N–H and O–H groups in total. The molecule has 0 bridgehead atoms. The highest BCUT2D eigenvalue weighted by Crippen LogP contribution is 2.36. The van der Waals surface area contributed by atoms with Crippen LogP contribution in [0.1, 0.15) is 31.4 Å². The fraction of sp³-hybridized carbons (Fsp3) is 0.500. The van der Waals surface area contributed by atoms with E-state index in [1.807, 2.05) is 31.3 Å². The molecule has 2 aromatic rings. The van der Waals surface area contributed by atoms with Crippen LogP contribution in [0.15, 0.2) is 24.4 Å². The van der Waals surface area contributed by atoms with E-state index in [-0.39, 0.29) is 5.92 Å². The van der Waals surface area contributed by atoms with Crippen LogP contribution >= 0.6 is 0 Å². The molecule has 0 aliphatic carbocycles. The summed E-state index contributed by atoms with van der Waals surface area (Å²) in [5.74, 6) is 1.13. The number of aromatic amines is 1. The van der Waals surface area contributed by atoms with Crippen molar-refractivity contribution in [3.05, 3.63) is 30.0 Å². The molecule has 4 nitrogen and oxygen atoms in total. The van der Waals surface area contributed by atoms with Crippen molar-refractivity contribution in [2.75, 3.05) is 19.7 Å². The zero-order chi connectivity index (χ0) is 13.9. The number of rotatable bonds is 4. The lowest BCUT2D eigenvalue weighted by molar-refractivity contribution is 0.0933. The number of nitrogens with one attached hydrogen (secondary N) is 2. The average molecular weight is 274 g/mol. The van der Waals surface area contributed by atoms with Gasteiger partial charge in [0.05, 0.1) is 12.7 Å². The van der Waals surface area contributed by atoms with Crippen molar-refractivity contribution in [1.29, 1.82) is 0 Å². The Morgan fingerprint density at radius 2 is 2.35 bits per heavy atom. The van der Waals surface area contributed by atoms with Crippen molar-refractivity contribution in [3.8, 4) is 5.75 Å². The number of aliphatic hydroxyl groups excluding tert-OH is 1. The maximum Gasteiger partial charge on any atom is 0.129 e. The summed E-state index contributed by atoms with van der Waals surface area (Å²) < 4.78 is 5.71. The number of aliphatic hydroxyl groups is 1. The Bertz CT molecular complexity index is 573. The van der Waals surface area contributed by atoms with Crippen molar-refractivity contribution in [2.45, 2.75) is 25.9 Å². The minimum absolute atomic E-state index is 0.275. The van der Waals surface area contributed by atoms with Crippen molar-refractivity contribution >= 4 is 10.9 Å². The molecule has 0 spiro atoms. The summed E-state index contributed by atoms with van der Waals surface area (Å²) in [7, 11) is 0. The second kappa shape index (κ2) is 5.85. The lowest BCUT2D eigenvalue weighted by atomic mass is 9.89. The zero-order valence-electron chi connectivity index (χ0n) is 11.9. The van der Waals surface area contributed by atoms with Crippen LogP contribution in [0, 0.1) is 5.92 Å². The zero-order valence-corrected chi connectivity index (χ0v) is 11.9. The summed E-state index contributed by atoms with van der Waals surface area (Å²) in [5.41, 5.74) is 1.98. The molecular formula is C16H22N2O2. The Labute approximate surface area is 119 Å². The van der Waals surface area contributed by atoms with Crippen molar-refractivity contribution in [2.24, 2.45) is 5.92 Å². The van der Waals surface area contributed by atoms with Gasteiger partial charge in [-0.05, 0) is 38.4 Å².